The minimum absolute atomic E-state index is 0.0448. The summed E-state index contributed by atoms with van der Waals surface area (Å²) >= 11 is 2.33. The fourth-order valence-corrected chi connectivity index (χ4v) is 4.46. The molecule has 0 saturated carbocycles. The lowest BCUT2D eigenvalue weighted by atomic mass is 9.87. The summed E-state index contributed by atoms with van der Waals surface area (Å²) < 4.78 is 8.28. The standard InChI is InChI=1S/C21H25IN2O3/c1-13(2)21-23-18-9-5-7-16(11-19(26)27-14(3)25)20(18)24(21)12-15-6-4-8-17(22)10-15/h4,6,8,10,13,16H,5,7,9,11-12H2,1-3H3. The Morgan fingerprint density at radius 1 is 1.37 bits per heavy atom. The van der Waals surface area contributed by atoms with Crippen LogP contribution in [0.1, 0.15) is 74.6 Å². The van der Waals surface area contributed by atoms with Gasteiger partial charge in [-0.25, -0.2) is 4.98 Å². The van der Waals surface area contributed by atoms with Crippen LogP contribution in [0, 0.1) is 3.57 Å². The van der Waals surface area contributed by atoms with Crippen LogP contribution in [0.4, 0.5) is 0 Å². The number of hydrogen-bond acceptors (Lipinski definition) is 4. The number of carbonyl (C=O) groups excluding carboxylic acids is 2. The van der Waals surface area contributed by atoms with E-state index in [4.69, 9.17) is 9.72 Å². The molecule has 6 heteroatoms. The summed E-state index contributed by atoms with van der Waals surface area (Å²) in [6.07, 6.45) is 3.08. The molecule has 0 aliphatic heterocycles. The molecule has 0 fully saturated rings. The van der Waals surface area contributed by atoms with E-state index in [2.05, 4.69) is 65.3 Å². The molecule has 1 unspecified atom stereocenters. The van der Waals surface area contributed by atoms with Gasteiger partial charge in [0.15, 0.2) is 0 Å². The molecule has 1 atom stereocenters. The zero-order chi connectivity index (χ0) is 19.6. The molecular weight excluding hydrogens is 455 g/mol. The molecule has 1 aromatic heterocycles. The summed E-state index contributed by atoms with van der Waals surface area (Å²) in [4.78, 5) is 28.2. The van der Waals surface area contributed by atoms with Crippen molar-refractivity contribution in [2.75, 3.05) is 0 Å². The Morgan fingerprint density at radius 3 is 2.81 bits per heavy atom. The maximum atomic E-state index is 12.1. The molecule has 27 heavy (non-hydrogen) atoms. The fourth-order valence-electron chi connectivity index (χ4n) is 3.85. The molecule has 0 saturated heterocycles. The van der Waals surface area contributed by atoms with E-state index in [9.17, 15) is 9.59 Å². The number of aromatic nitrogens is 2. The van der Waals surface area contributed by atoms with Gasteiger partial charge in [-0.1, -0.05) is 26.0 Å². The number of benzene rings is 1. The van der Waals surface area contributed by atoms with Crippen molar-refractivity contribution in [2.45, 2.75) is 64.8 Å². The van der Waals surface area contributed by atoms with Crippen LogP contribution in [-0.4, -0.2) is 21.5 Å². The highest BCUT2D eigenvalue weighted by Crippen LogP contribution is 2.36. The van der Waals surface area contributed by atoms with Crippen LogP contribution in [0.2, 0.25) is 0 Å². The van der Waals surface area contributed by atoms with E-state index in [1.165, 1.54) is 16.1 Å². The average molecular weight is 480 g/mol. The molecule has 5 nitrogen and oxygen atoms in total. The third-order valence-corrected chi connectivity index (χ3v) is 5.55. The van der Waals surface area contributed by atoms with E-state index < -0.39 is 11.9 Å². The number of carbonyl (C=O) groups is 2. The van der Waals surface area contributed by atoms with Gasteiger partial charge in [0.25, 0.3) is 0 Å². The summed E-state index contributed by atoms with van der Waals surface area (Å²) in [6, 6.07) is 8.45. The summed E-state index contributed by atoms with van der Waals surface area (Å²) in [5.41, 5.74) is 3.46. The largest absolute Gasteiger partial charge is 0.393 e. The second kappa shape index (κ2) is 8.54. The predicted molar refractivity (Wildman–Crippen MR) is 112 cm³/mol. The van der Waals surface area contributed by atoms with Crippen molar-refractivity contribution >= 4 is 34.5 Å². The van der Waals surface area contributed by atoms with Gasteiger partial charge in [-0.15, -0.1) is 0 Å². The number of halogens is 1. The number of esters is 2. The number of ether oxygens (including phenoxy) is 1. The van der Waals surface area contributed by atoms with E-state index in [-0.39, 0.29) is 12.3 Å². The molecule has 0 N–H and O–H groups in total. The van der Waals surface area contributed by atoms with Crippen molar-refractivity contribution in [1.29, 1.82) is 0 Å². The van der Waals surface area contributed by atoms with Crippen LogP contribution >= 0.6 is 22.6 Å². The topological polar surface area (TPSA) is 61.2 Å². The first kappa shape index (κ1) is 20.0. The first-order valence-electron chi connectivity index (χ1n) is 9.40. The smallest absolute Gasteiger partial charge is 0.314 e. The number of hydrogen-bond donors (Lipinski definition) is 0. The van der Waals surface area contributed by atoms with Crippen molar-refractivity contribution in [3.8, 4) is 0 Å². The molecule has 1 aromatic carbocycles. The van der Waals surface area contributed by atoms with Gasteiger partial charge in [0.05, 0.1) is 12.1 Å². The monoisotopic (exact) mass is 480 g/mol. The molecule has 0 amide bonds. The van der Waals surface area contributed by atoms with Crippen molar-refractivity contribution in [3.05, 3.63) is 50.6 Å². The molecule has 2 aromatic rings. The van der Waals surface area contributed by atoms with Gasteiger partial charge in [-0.3, -0.25) is 9.59 Å². The Balaban J connectivity index is 1.97. The highest BCUT2D eigenvalue weighted by Gasteiger charge is 2.31. The number of aryl methyl sites for hydroxylation is 1. The van der Waals surface area contributed by atoms with Crippen LogP contribution in [0.25, 0.3) is 0 Å². The maximum Gasteiger partial charge on any atom is 0.314 e. The lowest BCUT2D eigenvalue weighted by Crippen LogP contribution is -2.20. The summed E-state index contributed by atoms with van der Waals surface area (Å²) in [5, 5.41) is 0. The molecule has 1 aliphatic rings. The van der Waals surface area contributed by atoms with Gasteiger partial charge in [0.2, 0.25) is 0 Å². The normalized spacial score (nSPS) is 16.3. The Labute approximate surface area is 173 Å². The molecule has 0 bridgehead atoms. The van der Waals surface area contributed by atoms with Crippen LogP contribution in [-0.2, 0) is 27.3 Å². The zero-order valence-electron chi connectivity index (χ0n) is 16.0. The molecule has 3 rings (SSSR count). The predicted octanol–water partition coefficient (Wildman–Crippen LogP) is 4.56. The van der Waals surface area contributed by atoms with Crippen molar-refractivity contribution in [2.24, 2.45) is 0 Å². The lowest BCUT2D eigenvalue weighted by molar-refractivity contribution is -0.158. The van der Waals surface area contributed by atoms with Crippen LogP contribution in [0.5, 0.6) is 0 Å². The summed E-state index contributed by atoms with van der Waals surface area (Å²) in [5.74, 6) is 0.400. The molecule has 1 heterocycles. The van der Waals surface area contributed by atoms with Crippen LogP contribution < -0.4 is 0 Å². The van der Waals surface area contributed by atoms with E-state index in [0.29, 0.717) is 5.92 Å². The van der Waals surface area contributed by atoms with E-state index in [1.807, 2.05) is 0 Å². The minimum Gasteiger partial charge on any atom is -0.393 e. The maximum absolute atomic E-state index is 12.1. The molecule has 0 spiro atoms. The highest BCUT2D eigenvalue weighted by molar-refractivity contribution is 14.1. The molecule has 1 aliphatic carbocycles. The van der Waals surface area contributed by atoms with Gasteiger partial charge in [0.1, 0.15) is 5.82 Å². The third kappa shape index (κ3) is 4.78. The van der Waals surface area contributed by atoms with Gasteiger partial charge in [-0.2, -0.15) is 0 Å². The first-order chi connectivity index (χ1) is 12.8. The highest BCUT2D eigenvalue weighted by atomic mass is 127. The fraction of sp³-hybridized carbons (Fsp3) is 0.476. The van der Waals surface area contributed by atoms with Crippen molar-refractivity contribution in [1.82, 2.24) is 9.55 Å². The summed E-state index contributed by atoms with van der Waals surface area (Å²) in [7, 11) is 0. The Kier molecular flexibility index (Phi) is 6.34. The van der Waals surface area contributed by atoms with Crippen LogP contribution in [0.15, 0.2) is 24.3 Å². The number of imidazole rings is 1. The lowest BCUT2D eigenvalue weighted by Gasteiger charge is -2.24. The van der Waals surface area contributed by atoms with Gasteiger partial charge >= 0.3 is 11.9 Å². The van der Waals surface area contributed by atoms with Crippen LogP contribution in [0.3, 0.4) is 0 Å². The third-order valence-electron chi connectivity index (χ3n) is 4.88. The zero-order valence-corrected chi connectivity index (χ0v) is 18.2. The van der Waals surface area contributed by atoms with E-state index in [0.717, 1.165) is 43.0 Å². The molecular formula is C21H25IN2O3. The Hall–Kier alpha value is -1.70. The molecule has 0 radical (unpaired) electrons. The van der Waals surface area contributed by atoms with Gasteiger partial charge < -0.3 is 9.30 Å². The van der Waals surface area contributed by atoms with Crippen molar-refractivity contribution in [3.63, 3.8) is 0 Å². The Bertz CT molecular complexity index is 857. The van der Waals surface area contributed by atoms with Gasteiger partial charge in [0, 0.05) is 34.6 Å². The minimum atomic E-state index is -0.550. The number of rotatable bonds is 5. The number of fused-ring (bicyclic) bond motifs is 1. The van der Waals surface area contributed by atoms with Crippen molar-refractivity contribution < 1.29 is 14.3 Å². The second-order valence-corrected chi connectivity index (χ2v) is 8.68. The number of nitrogens with zero attached hydrogens (tertiary/aromatic N) is 2. The SMILES string of the molecule is CC(=O)OC(=O)CC1CCCc2nc(C(C)C)n(Cc3cccc(I)c3)c21. The van der Waals surface area contributed by atoms with Gasteiger partial charge in [-0.05, 0) is 59.5 Å². The van der Waals surface area contributed by atoms with E-state index in [1.54, 1.807) is 0 Å². The molecule has 144 valence electrons. The average Bonchev–Trinajstić information content (AvgIpc) is 2.94. The summed E-state index contributed by atoms with van der Waals surface area (Å²) in [6.45, 7) is 6.31. The Morgan fingerprint density at radius 2 is 2.15 bits per heavy atom. The first-order valence-corrected chi connectivity index (χ1v) is 10.5. The van der Waals surface area contributed by atoms with E-state index >= 15 is 0 Å². The second-order valence-electron chi connectivity index (χ2n) is 7.43. The quantitative estimate of drug-likeness (QED) is 0.358.